The number of piperidine rings is 1. The molecule has 24 heavy (non-hydrogen) atoms. The molecular weight excluding hydrogens is 326 g/mol. The van der Waals surface area contributed by atoms with Gasteiger partial charge < -0.3 is 4.74 Å². The lowest BCUT2D eigenvalue weighted by Crippen LogP contribution is -2.44. The Morgan fingerprint density at radius 3 is 2.58 bits per heavy atom. The van der Waals surface area contributed by atoms with Gasteiger partial charge in [0.15, 0.2) is 0 Å². The average molecular weight is 350 g/mol. The van der Waals surface area contributed by atoms with Crippen LogP contribution in [0.2, 0.25) is 5.02 Å². The Morgan fingerprint density at radius 2 is 2.04 bits per heavy atom. The molecule has 0 spiro atoms. The first kappa shape index (κ1) is 18.5. The van der Waals surface area contributed by atoms with Gasteiger partial charge in [-0.25, -0.2) is 9.69 Å². The third-order valence-corrected chi connectivity index (χ3v) is 4.29. The summed E-state index contributed by atoms with van der Waals surface area (Å²) in [5, 5.41) is 0.656. The molecule has 1 fully saturated rings. The van der Waals surface area contributed by atoms with E-state index in [-0.39, 0.29) is 18.2 Å². The van der Waals surface area contributed by atoms with Gasteiger partial charge in [0.05, 0.1) is 0 Å². The van der Waals surface area contributed by atoms with Crippen LogP contribution in [-0.2, 0) is 9.53 Å². The highest BCUT2D eigenvalue weighted by Crippen LogP contribution is 2.33. The van der Waals surface area contributed by atoms with E-state index in [2.05, 4.69) is 6.58 Å². The number of carbonyl (C=O) groups is 2. The molecular formula is C19H24ClNO3. The number of rotatable bonds is 2. The van der Waals surface area contributed by atoms with Crippen molar-refractivity contribution >= 4 is 29.2 Å². The molecule has 1 aliphatic rings. The van der Waals surface area contributed by atoms with Gasteiger partial charge in [0.1, 0.15) is 5.60 Å². The van der Waals surface area contributed by atoms with Crippen LogP contribution in [-0.4, -0.2) is 29.0 Å². The van der Waals surface area contributed by atoms with Crippen LogP contribution in [0.3, 0.4) is 0 Å². The maximum atomic E-state index is 12.4. The molecule has 1 aliphatic heterocycles. The van der Waals surface area contributed by atoms with Crippen LogP contribution < -0.4 is 0 Å². The Balaban J connectivity index is 2.11. The van der Waals surface area contributed by atoms with Crippen LogP contribution in [0, 0.1) is 0 Å². The summed E-state index contributed by atoms with van der Waals surface area (Å²) in [6.07, 6.45) is 0.434. The predicted molar refractivity (Wildman–Crippen MR) is 96.1 cm³/mol. The molecule has 5 heteroatoms. The van der Waals surface area contributed by atoms with E-state index >= 15 is 0 Å². The van der Waals surface area contributed by atoms with E-state index in [1.54, 1.807) is 20.8 Å². The van der Waals surface area contributed by atoms with Crippen molar-refractivity contribution in [1.82, 2.24) is 4.90 Å². The normalized spacial score (nSPS) is 18.5. The molecule has 130 valence electrons. The molecule has 2 amide bonds. The van der Waals surface area contributed by atoms with Crippen molar-refractivity contribution < 1.29 is 14.3 Å². The van der Waals surface area contributed by atoms with Crippen LogP contribution in [0.15, 0.2) is 24.8 Å². The second-order valence-electron chi connectivity index (χ2n) is 7.24. The molecule has 0 aromatic heterocycles. The summed E-state index contributed by atoms with van der Waals surface area (Å²) in [6, 6.07) is 5.77. The van der Waals surface area contributed by atoms with Crippen molar-refractivity contribution in [3.8, 4) is 0 Å². The van der Waals surface area contributed by atoms with Crippen molar-refractivity contribution in [3.63, 3.8) is 0 Å². The SMILES string of the molecule is C=C(C)c1cc(C2CCN(C(=O)OC(C)(C)C)C(=O)C2)ccc1Cl. The summed E-state index contributed by atoms with van der Waals surface area (Å²) < 4.78 is 5.29. The van der Waals surface area contributed by atoms with Crippen molar-refractivity contribution in [2.75, 3.05) is 6.54 Å². The van der Waals surface area contributed by atoms with Gasteiger partial charge >= 0.3 is 6.09 Å². The molecule has 0 aliphatic carbocycles. The van der Waals surface area contributed by atoms with E-state index in [1.807, 2.05) is 25.1 Å². The summed E-state index contributed by atoms with van der Waals surface area (Å²) in [4.78, 5) is 25.7. The van der Waals surface area contributed by atoms with Crippen LogP contribution in [0.4, 0.5) is 4.79 Å². The first-order chi connectivity index (χ1) is 11.1. The summed E-state index contributed by atoms with van der Waals surface area (Å²) in [6.45, 7) is 11.6. The van der Waals surface area contributed by atoms with Crippen LogP contribution in [0.25, 0.3) is 5.57 Å². The Bertz CT molecular complexity index is 676. The van der Waals surface area contributed by atoms with E-state index in [0.717, 1.165) is 16.7 Å². The number of allylic oxidation sites excluding steroid dienone is 1. The number of amides is 2. The van der Waals surface area contributed by atoms with Crippen molar-refractivity contribution in [2.24, 2.45) is 0 Å². The number of halogens is 1. The van der Waals surface area contributed by atoms with Crippen LogP contribution >= 0.6 is 11.6 Å². The predicted octanol–water partition coefficient (Wildman–Crippen LogP) is 5.01. The second kappa shape index (κ2) is 6.98. The van der Waals surface area contributed by atoms with Crippen molar-refractivity contribution in [1.29, 1.82) is 0 Å². The summed E-state index contributed by atoms with van der Waals surface area (Å²) >= 11 is 6.19. The number of hydrogen-bond acceptors (Lipinski definition) is 3. The Morgan fingerprint density at radius 1 is 1.38 bits per heavy atom. The molecule has 0 radical (unpaired) electrons. The highest BCUT2D eigenvalue weighted by molar-refractivity contribution is 6.32. The quantitative estimate of drug-likeness (QED) is 0.753. The monoisotopic (exact) mass is 349 g/mol. The minimum absolute atomic E-state index is 0.0755. The third kappa shape index (κ3) is 4.38. The van der Waals surface area contributed by atoms with Gasteiger partial charge in [-0.1, -0.05) is 24.2 Å². The lowest BCUT2D eigenvalue weighted by molar-refractivity contribution is -0.132. The van der Waals surface area contributed by atoms with E-state index in [0.29, 0.717) is 18.0 Å². The van der Waals surface area contributed by atoms with Crippen molar-refractivity contribution in [2.45, 2.75) is 52.1 Å². The second-order valence-corrected chi connectivity index (χ2v) is 7.64. The Hall–Kier alpha value is -1.81. The van der Waals surface area contributed by atoms with Gasteiger partial charge in [0, 0.05) is 18.0 Å². The molecule has 0 bridgehead atoms. The minimum Gasteiger partial charge on any atom is -0.443 e. The molecule has 1 saturated heterocycles. The number of hydrogen-bond donors (Lipinski definition) is 0. The highest BCUT2D eigenvalue weighted by Gasteiger charge is 2.33. The van der Waals surface area contributed by atoms with E-state index in [9.17, 15) is 9.59 Å². The van der Waals surface area contributed by atoms with Crippen LogP contribution in [0.5, 0.6) is 0 Å². The van der Waals surface area contributed by atoms with Crippen LogP contribution in [0.1, 0.15) is 57.6 Å². The number of benzene rings is 1. The zero-order valence-corrected chi connectivity index (χ0v) is 15.4. The zero-order valence-electron chi connectivity index (χ0n) is 14.7. The fourth-order valence-corrected chi connectivity index (χ4v) is 3.03. The highest BCUT2D eigenvalue weighted by atomic mass is 35.5. The number of carbonyl (C=O) groups excluding carboxylic acids is 2. The fraction of sp³-hybridized carbons (Fsp3) is 0.474. The van der Waals surface area contributed by atoms with Gasteiger partial charge in [-0.05, 0) is 68.9 Å². The number of imide groups is 1. The van der Waals surface area contributed by atoms with Gasteiger partial charge in [-0.2, -0.15) is 0 Å². The Kier molecular flexibility index (Phi) is 5.38. The molecule has 1 aromatic carbocycles. The lowest BCUT2D eigenvalue weighted by Gasteiger charge is -2.32. The standard InChI is InChI=1S/C19H24ClNO3/c1-12(2)15-10-13(6-7-16(15)20)14-8-9-21(17(22)11-14)18(23)24-19(3,4)5/h6-7,10,14H,1,8-9,11H2,2-5H3. The fourth-order valence-electron chi connectivity index (χ4n) is 2.75. The first-order valence-electron chi connectivity index (χ1n) is 8.07. The Labute approximate surface area is 148 Å². The van der Waals surface area contributed by atoms with Gasteiger partial charge in [0.2, 0.25) is 5.91 Å². The topological polar surface area (TPSA) is 46.6 Å². The van der Waals surface area contributed by atoms with Gasteiger partial charge in [0.25, 0.3) is 0 Å². The number of likely N-dealkylation sites (tertiary alicyclic amines) is 1. The van der Waals surface area contributed by atoms with Crippen molar-refractivity contribution in [3.05, 3.63) is 40.9 Å². The number of ether oxygens (including phenoxy) is 1. The molecule has 1 aromatic rings. The minimum atomic E-state index is -0.610. The smallest absolute Gasteiger partial charge is 0.417 e. The van der Waals surface area contributed by atoms with Gasteiger partial charge in [-0.3, -0.25) is 4.79 Å². The summed E-state index contributed by atoms with van der Waals surface area (Å²) in [5.41, 5.74) is 2.23. The first-order valence-corrected chi connectivity index (χ1v) is 8.45. The summed E-state index contributed by atoms with van der Waals surface area (Å²) in [7, 11) is 0. The van der Waals surface area contributed by atoms with E-state index in [1.165, 1.54) is 4.90 Å². The third-order valence-electron chi connectivity index (χ3n) is 3.96. The zero-order chi connectivity index (χ0) is 18.1. The van der Waals surface area contributed by atoms with E-state index < -0.39 is 11.7 Å². The average Bonchev–Trinajstić information content (AvgIpc) is 2.45. The maximum absolute atomic E-state index is 12.4. The lowest BCUT2D eigenvalue weighted by atomic mass is 9.87. The number of nitrogens with zero attached hydrogens (tertiary/aromatic N) is 1. The largest absolute Gasteiger partial charge is 0.443 e. The molecule has 0 saturated carbocycles. The molecule has 1 unspecified atom stereocenters. The summed E-state index contributed by atoms with van der Waals surface area (Å²) in [5.74, 6) is -0.126. The van der Waals surface area contributed by atoms with E-state index in [4.69, 9.17) is 16.3 Å². The molecule has 4 nitrogen and oxygen atoms in total. The molecule has 1 atom stereocenters. The van der Waals surface area contributed by atoms with Gasteiger partial charge in [-0.15, -0.1) is 0 Å². The molecule has 2 rings (SSSR count). The maximum Gasteiger partial charge on any atom is 0.417 e. The molecule has 0 N–H and O–H groups in total. The molecule has 1 heterocycles.